The van der Waals surface area contributed by atoms with Gasteiger partial charge in [-0.05, 0) is 48.9 Å². The first-order valence-electron chi connectivity index (χ1n) is 9.37. The predicted octanol–water partition coefficient (Wildman–Crippen LogP) is 2.50. The lowest BCUT2D eigenvalue weighted by Crippen LogP contribution is -2.42. The number of amides is 3. The van der Waals surface area contributed by atoms with E-state index in [-0.39, 0.29) is 18.9 Å². The Bertz CT molecular complexity index is 922. The average molecular weight is 436 g/mol. The summed E-state index contributed by atoms with van der Waals surface area (Å²) < 4.78 is 39.4. The number of β-amino-alcohol motifs (C(OH)–C–C–N with tert-alkyl or cyclic N) is 1. The summed E-state index contributed by atoms with van der Waals surface area (Å²) in [6, 6.07) is 11.5. The highest BCUT2D eigenvalue weighted by Gasteiger charge is 2.49. The van der Waals surface area contributed by atoms with Crippen LogP contribution in [0.3, 0.4) is 0 Å². The Hall–Kier alpha value is -3.40. The molecular formula is C21H22F2N2O6. The minimum Gasteiger partial charge on any atom is -0.497 e. The number of aliphatic hydroxyl groups is 1. The largest absolute Gasteiger partial charge is 0.497 e. The Balaban J connectivity index is 1.62. The Labute approximate surface area is 177 Å². The molecule has 0 bridgehead atoms. The van der Waals surface area contributed by atoms with Gasteiger partial charge in [0.2, 0.25) is 0 Å². The second-order valence-corrected chi connectivity index (χ2v) is 7.01. The molecule has 10 heteroatoms. The maximum Gasteiger partial charge on any atom is 0.387 e. The fourth-order valence-corrected chi connectivity index (χ4v) is 3.16. The molecule has 0 aromatic heterocycles. The highest BCUT2D eigenvalue weighted by Crippen LogP contribution is 2.30. The molecule has 2 unspecified atom stereocenters. The number of urea groups is 1. The molecule has 3 amide bonds. The highest BCUT2D eigenvalue weighted by molar-refractivity contribution is 6.07. The quantitative estimate of drug-likeness (QED) is 0.587. The van der Waals surface area contributed by atoms with Crippen LogP contribution in [0.2, 0.25) is 0 Å². The summed E-state index contributed by atoms with van der Waals surface area (Å²) in [5, 5.41) is 12.8. The Morgan fingerprint density at radius 3 is 2.19 bits per heavy atom. The van der Waals surface area contributed by atoms with Gasteiger partial charge in [-0.15, -0.1) is 0 Å². The lowest BCUT2D eigenvalue weighted by atomic mass is 9.92. The summed E-state index contributed by atoms with van der Waals surface area (Å²) in [4.78, 5) is 26.2. The van der Waals surface area contributed by atoms with E-state index in [1.807, 2.05) is 0 Å². The zero-order valence-electron chi connectivity index (χ0n) is 16.9. The Morgan fingerprint density at radius 1 is 1.03 bits per heavy atom. The molecule has 31 heavy (non-hydrogen) atoms. The van der Waals surface area contributed by atoms with Crippen LogP contribution in [-0.2, 0) is 10.3 Å². The van der Waals surface area contributed by atoms with Crippen LogP contribution in [0, 0.1) is 0 Å². The maximum atomic E-state index is 12.9. The van der Waals surface area contributed by atoms with E-state index in [0.29, 0.717) is 17.1 Å². The molecule has 0 aliphatic carbocycles. The molecule has 1 aliphatic heterocycles. The molecule has 166 valence electrons. The molecule has 0 saturated carbocycles. The van der Waals surface area contributed by atoms with Crippen molar-refractivity contribution in [1.82, 2.24) is 10.2 Å². The molecule has 2 aromatic carbocycles. The van der Waals surface area contributed by atoms with Crippen molar-refractivity contribution >= 4 is 11.9 Å². The number of carbonyl (C=O) groups excluding carboxylic acids is 2. The SMILES string of the molecule is COc1ccc(OCC(O)CN2C(=O)NC(C)(c3ccc(OC(F)F)cc3)C2=O)cc1. The molecule has 1 fully saturated rings. The van der Waals surface area contributed by atoms with Crippen LogP contribution in [0.4, 0.5) is 13.6 Å². The third-order valence-electron chi connectivity index (χ3n) is 4.83. The standard InChI is InChI=1S/C21H22F2N2O6/c1-21(13-3-5-17(6-4-13)31-19(22)23)18(27)25(20(28)24-21)11-14(26)12-30-16-9-7-15(29-2)8-10-16/h3-10,14,19,26H,11-12H2,1-2H3,(H,24,28). The lowest BCUT2D eigenvalue weighted by Gasteiger charge is -2.23. The lowest BCUT2D eigenvalue weighted by molar-refractivity contribution is -0.132. The van der Waals surface area contributed by atoms with E-state index in [1.54, 1.807) is 24.3 Å². The number of halogens is 2. The van der Waals surface area contributed by atoms with Gasteiger partial charge in [0, 0.05) is 0 Å². The molecule has 1 heterocycles. The average Bonchev–Trinajstić information content (AvgIpc) is 2.96. The predicted molar refractivity (Wildman–Crippen MR) is 105 cm³/mol. The van der Waals surface area contributed by atoms with E-state index in [4.69, 9.17) is 9.47 Å². The van der Waals surface area contributed by atoms with Crippen LogP contribution in [0.5, 0.6) is 17.2 Å². The van der Waals surface area contributed by atoms with Crippen LogP contribution in [0.1, 0.15) is 12.5 Å². The van der Waals surface area contributed by atoms with E-state index in [2.05, 4.69) is 10.1 Å². The van der Waals surface area contributed by atoms with Crippen LogP contribution < -0.4 is 19.5 Å². The molecular weight excluding hydrogens is 414 g/mol. The van der Waals surface area contributed by atoms with E-state index in [0.717, 1.165) is 4.90 Å². The fraction of sp³-hybridized carbons (Fsp3) is 0.333. The minimum atomic E-state index is -2.97. The van der Waals surface area contributed by atoms with E-state index in [1.165, 1.54) is 38.3 Å². The van der Waals surface area contributed by atoms with Gasteiger partial charge in [0.1, 0.15) is 35.5 Å². The number of nitrogens with one attached hydrogen (secondary N) is 1. The number of rotatable bonds is 9. The van der Waals surface area contributed by atoms with Crippen LogP contribution in [0.25, 0.3) is 0 Å². The number of aliphatic hydroxyl groups excluding tert-OH is 1. The highest BCUT2D eigenvalue weighted by atomic mass is 19.3. The van der Waals surface area contributed by atoms with Crippen molar-refractivity contribution in [2.24, 2.45) is 0 Å². The van der Waals surface area contributed by atoms with Crippen LogP contribution >= 0.6 is 0 Å². The van der Waals surface area contributed by atoms with Crippen molar-refractivity contribution in [3.8, 4) is 17.2 Å². The second-order valence-electron chi connectivity index (χ2n) is 7.01. The smallest absolute Gasteiger partial charge is 0.387 e. The number of alkyl halides is 2. The number of ether oxygens (including phenoxy) is 3. The molecule has 0 spiro atoms. The fourth-order valence-electron chi connectivity index (χ4n) is 3.16. The van der Waals surface area contributed by atoms with Gasteiger partial charge >= 0.3 is 12.6 Å². The first-order valence-corrected chi connectivity index (χ1v) is 9.37. The summed E-state index contributed by atoms with van der Waals surface area (Å²) in [5.74, 6) is 0.499. The van der Waals surface area contributed by atoms with E-state index >= 15 is 0 Å². The number of hydrogen-bond acceptors (Lipinski definition) is 6. The van der Waals surface area contributed by atoms with Crippen molar-refractivity contribution in [2.45, 2.75) is 25.2 Å². The first kappa shape index (κ1) is 22.3. The molecule has 2 aromatic rings. The van der Waals surface area contributed by atoms with Gasteiger partial charge in [0.15, 0.2) is 0 Å². The molecule has 3 rings (SSSR count). The number of carbonyl (C=O) groups is 2. The number of methoxy groups -OCH3 is 1. The summed E-state index contributed by atoms with van der Waals surface area (Å²) in [7, 11) is 1.54. The second kappa shape index (κ2) is 9.17. The monoisotopic (exact) mass is 436 g/mol. The first-order chi connectivity index (χ1) is 14.7. The van der Waals surface area contributed by atoms with Crippen molar-refractivity contribution in [3.63, 3.8) is 0 Å². The normalized spacial score (nSPS) is 19.4. The molecule has 0 radical (unpaired) electrons. The Morgan fingerprint density at radius 2 is 1.61 bits per heavy atom. The van der Waals surface area contributed by atoms with Crippen molar-refractivity contribution in [1.29, 1.82) is 0 Å². The summed E-state index contributed by atoms with van der Waals surface area (Å²) in [6.07, 6.45) is -1.12. The van der Waals surface area contributed by atoms with Gasteiger partial charge in [-0.1, -0.05) is 12.1 Å². The van der Waals surface area contributed by atoms with Crippen LogP contribution in [-0.4, -0.2) is 54.9 Å². The van der Waals surface area contributed by atoms with E-state index < -0.39 is 30.2 Å². The number of hydrogen-bond donors (Lipinski definition) is 2. The van der Waals surface area contributed by atoms with E-state index in [9.17, 15) is 23.5 Å². The number of benzene rings is 2. The maximum absolute atomic E-state index is 12.9. The van der Waals surface area contributed by atoms with Gasteiger partial charge in [-0.25, -0.2) is 4.79 Å². The topological polar surface area (TPSA) is 97.3 Å². The minimum absolute atomic E-state index is 0.0675. The molecule has 1 aliphatic rings. The molecule has 1 saturated heterocycles. The summed E-state index contributed by atoms with van der Waals surface area (Å²) >= 11 is 0. The third kappa shape index (κ3) is 5.02. The number of nitrogens with zero attached hydrogens (tertiary/aromatic N) is 1. The van der Waals surface area contributed by atoms with Crippen molar-refractivity contribution in [3.05, 3.63) is 54.1 Å². The third-order valence-corrected chi connectivity index (χ3v) is 4.83. The zero-order chi connectivity index (χ0) is 22.6. The van der Waals surface area contributed by atoms with Gasteiger partial charge in [0.05, 0.1) is 13.7 Å². The molecule has 8 nitrogen and oxygen atoms in total. The van der Waals surface area contributed by atoms with Gasteiger partial charge in [0.25, 0.3) is 5.91 Å². The Kier molecular flexibility index (Phi) is 6.59. The number of imide groups is 1. The van der Waals surface area contributed by atoms with Crippen molar-refractivity contribution < 1.29 is 37.7 Å². The van der Waals surface area contributed by atoms with Gasteiger partial charge in [-0.3, -0.25) is 9.69 Å². The molecule has 2 N–H and O–H groups in total. The molecule has 2 atom stereocenters. The zero-order valence-corrected chi connectivity index (χ0v) is 16.9. The summed E-state index contributed by atoms with van der Waals surface area (Å²) in [6.45, 7) is -1.88. The van der Waals surface area contributed by atoms with Gasteiger partial charge < -0.3 is 24.6 Å². The van der Waals surface area contributed by atoms with Crippen molar-refractivity contribution in [2.75, 3.05) is 20.3 Å². The van der Waals surface area contributed by atoms with Crippen LogP contribution in [0.15, 0.2) is 48.5 Å². The van der Waals surface area contributed by atoms with Gasteiger partial charge in [-0.2, -0.15) is 8.78 Å². The summed E-state index contributed by atoms with van der Waals surface area (Å²) in [5.41, 5.74) is -1.02.